The molecular weight excluding hydrogens is 379 g/mol. The van der Waals surface area contributed by atoms with E-state index in [9.17, 15) is 9.59 Å². The first-order valence-electron chi connectivity index (χ1n) is 7.22. The minimum atomic E-state index is -0.801. The van der Waals surface area contributed by atoms with Crippen LogP contribution in [0.4, 0.5) is 0 Å². The minimum absolute atomic E-state index is 0.00176. The smallest absolute Gasteiger partial charge is 0.248 e. The van der Waals surface area contributed by atoms with E-state index in [1.54, 1.807) is 0 Å². The zero-order chi connectivity index (χ0) is 15.6. The number of carbonyl (C=O) groups excluding carboxylic acids is 2. The molecule has 21 heavy (non-hydrogen) atoms. The van der Waals surface area contributed by atoms with Crippen molar-refractivity contribution in [2.45, 2.75) is 51.7 Å². The molecule has 0 bridgehead atoms. The lowest BCUT2D eigenvalue weighted by Gasteiger charge is -2.33. The largest absolute Gasteiger partial charge is 0.342 e. The van der Waals surface area contributed by atoms with Crippen LogP contribution in [0.5, 0.6) is 0 Å². The van der Waals surface area contributed by atoms with Gasteiger partial charge in [0.1, 0.15) is 5.54 Å². The second kappa shape index (κ2) is 6.34. The summed E-state index contributed by atoms with van der Waals surface area (Å²) in [7, 11) is 0. The highest BCUT2D eigenvalue weighted by Gasteiger charge is 2.41. The predicted molar refractivity (Wildman–Crippen MR) is 90.6 cm³/mol. The molecule has 1 aromatic rings. The predicted octanol–water partition coefficient (Wildman–Crippen LogP) is 2.70. The first-order chi connectivity index (χ1) is 9.85. The maximum atomic E-state index is 12.8. The van der Waals surface area contributed by atoms with Crippen molar-refractivity contribution in [2.75, 3.05) is 0 Å². The van der Waals surface area contributed by atoms with Crippen molar-refractivity contribution < 1.29 is 9.59 Å². The molecule has 4 nitrogen and oxygen atoms in total. The van der Waals surface area contributed by atoms with Crippen LogP contribution in [-0.4, -0.2) is 28.3 Å². The molecule has 5 heteroatoms. The van der Waals surface area contributed by atoms with E-state index >= 15 is 0 Å². The van der Waals surface area contributed by atoms with Gasteiger partial charge in [-0.1, -0.05) is 19.1 Å². The molecule has 1 aliphatic rings. The zero-order valence-corrected chi connectivity index (χ0v) is 14.8. The van der Waals surface area contributed by atoms with Crippen LogP contribution in [0.2, 0.25) is 0 Å². The average Bonchev–Trinajstić information content (AvgIpc) is 2.52. The summed E-state index contributed by atoms with van der Waals surface area (Å²) in [4.78, 5) is 26.6. The fourth-order valence-corrected chi connectivity index (χ4v) is 2.92. The molecule has 1 heterocycles. The molecule has 2 rings (SSSR count). The standard InChI is InChI=1S/C16H21IN2O2/c1-4-16(3)15(21)19(11(2)9-14(20)18-16)10-12-5-7-13(17)8-6-12/h5-8,11H,4,9-10H2,1-3H3,(H,18,20). The fourth-order valence-electron chi connectivity index (χ4n) is 2.56. The van der Waals surface area contributed by atoms with Gasteiger partial charge in [-0.2, -0.15) is 0 Å². The Morgan fingerprint density at radius 3 is 2.52 bits per heavy atom. The lowest BCUT2D eigenvalue weighted by molar-refractivity contribution is -0.140. The van der Waals surface area contributed by atoms with Crippen LogP contribution in [0.1, 0.15) is 39.2 Å². The van der Waals surface area contributed by atoms with Crippen molar-refractivity contribution >= 4 is 34.4 Å². The Labute approximate surface area is 139 Å². The van der Waals surface area contributed by atoms with E-state index in [2.05, 4.69) is 27.9 Å². The van der Waals surface area contributed by atoms with Gasteiger partial charge in [-0.15, -0.1) is 0 Å². The molecule has 2 amide bonds. The van der Waals surface area contributed by atoms with Crippen LogP contribution in [-0.2, 0) is 16.1 Å². The molecule has 1 N–H and O–H groups in total. The molecule has 0 aromatic heterocycles. The molecule has 1 aliphatic heterocycles. The third-order valence-corrected chi connectivity index (χ3v) is 4.85. The number of amides is 2. The van der Waals surface area contributed by atoms with Gasteiger partial charge in [0.2, 0.25) is 11.8 Å². The van der Waals surface area contributed by atoms with Gasteiger partial charge in [0.15, 0.2) is 0 Å². The van der Waals surface area contributed by atoms with Crippen LogP contribution in [0.15, 0.2) is 24.3 Å². The quantitative estimate of drug-likeness (QED) is 0.794. The molecule has 0 radical (unpaired) electrons. The molecule has 1 fully saturated rings. The number of carbonyl (C=O) groups is 2. The van der Waals surface area contributed by atoms with E-state index < -0.39 is 5.54 Å². The highest BCUT2D eigenvalue weighted by Crippen LogP contribution is 2.23. The lowest BCUT2D eigenvalue weighted by Crippen LogP contribution is -2.55. The monoisotopic (exact) mass is 400 g/mol. The first-order valence-corrected chi connectivity index (χ1v) is 8.30. The van der Waals surface area contributed by atoms with Gasteiger partial charge in [0.05, 0.1) is 0 Å². The third-order valence-electron chi connectivity index (χ3n) is 4.13. The Hall–Kier alpha value is -1.11. The highest BCUT2D eigenvalue weighted by atomic mass is 127. The first kappa shape index (κ1) is 16.3. The summed E-state index contributed by atoms with van der Waals surface area (Å²) in [5, 5.41) is 2.88. The van der Waals surface area contributed by atoms with E-state index in [0.29, 0.717) is 19.4 Å². The molecule has 0 spiro atoms. The Kier molecular flexibility index (Phi) is 4.91. The number of nitrogens with zero attached hydrogens (tertiary/aromatic N) is 1. The number of hydrogen-bond acceptors (Lipinski definition) is 2. The summed E-state index contributed by atoms with van der Waals surface area (Å²) in [6.07, 6.45) is 0.944. The van der Waals surface area contributed by atoms with Gasteiger partial charge < -0.3 is 10.2 Å². The number of halogens is 1. The van der Waals surface area contributed by atoms with Gasteiger partial charge in [-0.25, -0.2) is 0 Å². The van der Waals surface area contributed by atoms with Gasteiger partial charge in [-0.3, -0.25) is 9.59 Å². The third kappa shape index (κ3) is 3.56. The fraction of sp³-hybridized carbons (Fsp3) is 0.500. The zero-order valence-electron chi connectivity index (χ0n) is 12.6. The Morgan fingerprint density at radius 1 is 1.33 bits per heavy atom. The second-order valence-corrected chi connectivity index (χ2v) is 7.09. The van der Waals surface area contributed by atoms with Gasteiger partial charge in [0, 0.05) is 22.6 Å². The van der Waals surface area contributed by atoms with Crippen LogP contribution in [0.25, 0.3) is 0 Å². The Morgan fingerprint density at radius 2 is 1.95 bits per heavy atom. The molecule has 1 aromatic carbocycles. The van der Waals surface area contributed by atoms with E-state index in [4.69, 9.17) is 0 Å². The van der Waals surface area contributed by atoms with E-state index in [1.807, 2.05) is 49.9 Å². The van der Waals surface area contributed by atoms with Gasteiger partial charge in [0.25, 0.3) is 0 Å². The average molecular weight is 400 g/mol. The molecule has 0 aliphatic carbocycles. The Balaban J connectivity index is 2.28. The van der Waals surface area contributed by atoms with Crippen LogP contribution < -0.4 is 5.32 Å². The number of nitrogens with one attached hydrogen (secondary N) is 1. The lowest BCUT2D eigenvalue weighted by atomic mass is 9.96. The highest BCUT2D eigenvalue weighted by molar-refractivity contribution is 14.1. The molecule has 1 saturated heterocycles. The summed E-state index contributed by atoms with van der Waals surface area (Å²) in [6.45, 7) is 6.22. The summed E-state index contributed by atoms with van der Waals surface area (Å²) in [5.74, 6) is -0.0489. The van der Waals surface area contributed by atoms with Gasteiger partial charge >= 0.3 is 0 Å². The summed E-state index contributed by atoms with van der Waals surface area (Å²) in [6, 6.07) is 8.04. The summed E-state index contributed by atoms with van der Waals surface area (Å²) < 4.78 is 1.17. The van der Waals surface area contributed by atoms with Crippen molar-refractivity contribution in [2.24, 2.45) is 0 Å². The van der Waals surface area contributed by atoms with Crippen molar-refractivity contribution in [3.05, 3.63) is 33.4 Å². The summed E-state index contributed by atoms with van der Waals surface area (Å²) >= 11 is 2.26. The number of benzene rings is 1. The van der Waals surface area contributed by atoms with Crippen molar-refractivity contribution in [1.82, 2.24) is 10.2 Å². The van der Waals surface area contributed by atoms with E-state index in [1.165, 1.54) is 3.57 Å². The number of rotatable bonds is 3. The van der Waals surface area contributed by atoms with Crippen LogP contribution >= 0.6 is 22.6 Å². The second-order valence-electron chi connectivity index (χ2n) is 5.85. The van der Waals surface area contributed by atoms with E-state index in [0.717, 1.165) is 5.56 Å². The van der Waals surface area contributed by atoms with Crippen LogP contribution in [0, 0.1) is 3.57 Å². The van der Waals surface area contributed by atoms with E-state index in [-0.39, 0.29) is 17.9 Å². The van der Waals surface area contributed by atoms with Gasteiger partial charge in [-0.05, 0) is 60.6 Å². The van der Waals surface area contributed by atoms with Crippen molar-refractivity contribution in [3.63, 3.8) is 0 Å². The molecule has 2 atom stereocenters. The normalized spacial score (nSPS) is 26.5. The maximum absolute atomic E-state index is 12.8. The molecular formula is C16H21IN2O2. The molecule has 2 unspecified atom stereocenters. The Bertz CT molecular complexity index is 544. The molecule has 0 saturated carbocycles. The van der Waals surface area contributed by atoms with Crippen molar-refractivity contribution in [3.8, 4) is 0 Å². The van der Waals surface area contributed by atoms with Crippen LogP contribution in [0.3, 0.4) is 0 Å². The maximum Gasteiger partial charge on any atom is 0.248 e. The summed E-state index contributed by atoms with van der Waals surface area (Å²) in [5.41, 5.74) is 0.286. The SMILES string of the molecule is CCC1(C)NC(=O)CC(C)N(Cc2ccc(I)cc2)C1=O. The molecule has 114 valence electrons. The minimum Gasteiger partial charge on any atom is -0.342 e. The topological polar surface area (TPSA) is 49.4 Å². The van der Waals surface area contributed by atoms with Crippen molar-refractivity contribution in [1.29, 1.82) is 0 Å². The number of hydrogen-bond donors (Lipinski definition) is 1.